The van der Waals surface area contributed by atoms with Gasteiger partial charge in [-0.15, -0.1) is 70.8 Å². The van der Waals surface area contributed by atoms with Gasteiger partial charge < -0.3 is 29.4 Å². The molecule has 5 heteroatoms. The fourth-order valence-corrected chi connectivity index (χ4v) is 2.76. The van der Waals surface area contributed by atoms with Crippen LogP contribution in [0.15, 0.2) is 97.6 Å². The molecule has 0 N–H and O–H groups in total. The Bertz CT molecular complexity index is 969. The van der Waals surface area contributed by atoms with E-state index < -0.39 is 0 Å². The summed E-state index contributed by atoms with van der Waals surface area (Å²) in [6, 6.07) is 27.4. The van der Waals surface area contributed by atoms with E-state index in [2.05, 4.69) is 83.8 Å². The molecule has 5 rings (SSSR count). The van der Waals surface area contributed by atoms with E-state index in [1.807, 2.05) is 17.1 Å². The fourth-order valence-electron chi connectivity index (χ4n) is 2.76. The van der Waals surface area contributed by atoms with Gasteiger partial charge in [0.25, 0.3) is 0 Å². The third-order valence-electron chi connectivity index (χ3n) is 3.95. The zero-order chi connectivity index (χ0) is 15.5. The maximum Gasteiger partial charge on any atom is 4.00 e. The summed E-state index contributed by atoms with van der Waals surface area (Å²) in [7, 11) is 0. The van der Waals surface area contributed by atoms with Crippen molar-refractivity contribution in [1.29, 1.82) is 0 Å². The standard InChI is InChI=1S/C12H9N2.C9H7.2ClH.Zr/c1-2-4-11-8-12(7-10(11)3-1)14-6-5-13-9-14;1-2-5-9-7-3-6-8(9)4-1;;;/h1-9H;1-7H;2*1H;/q2*-1;;;+4/p-2. The number of hydrogen-bond acceptors (Lipinski definition) is 1. The minimum Gasteiger partial charge on any atom is -1.00 e. The van der Waals surface area contributed by atoms with E-state index in [1.54, 1.807) is 6.20 Å². The number of benzene rings is 2. The fraction of sp³-hybridized carbons (Fsp3) is 0. The van der Waals surface area contributed by atoms with Gasteiger partial charge in [-0.05, 0) is 5.69 Å². The van der Waals surface area contributed by atoms with Crippen LogP contribution >= 0.6 is 0 Å². The van der Waals surface area contributed by atoms with Crippen LogP contribution in [0.2, 0.25) is 0 Å². The van der Waals surface area contributed by atoms with E-state index in [0.29, 0.717) is 0 Å². The molecule has 0 unspecified atom stereocenters. The van der Waals surface area contributed by atoms with Crippen molar-refractivity contribution in [3.63, 3.8) is 0 Å². The van der Waals surface area contributed by atoms with Gasteiger partial charge >= 0.3 is 26.2 Å². The topological polar surface area (TPSA) is 17.8 Å². The summed E-state index contributed by atoms with van der Waals surface area (Å²) in [6.07, 6.45) is 5.56. The van der Waals surface area contributed by atoms with Crippen molar-refractivity contribution in [2.75, 3.05) is 0 Å². The minimum absolute atomic E-state index is 0. The molecule has 0 amide bonds. The van der Waals surface area contributed by atoms with Crippen LogP contribution in [-0.4, -0.2) is 9.55 Å². The van der Waals surface area contributed by atoms with E-state index in [1.165, 1.54) is 27.2 Å². The normalized spacial score (nSPS) is 9.38. The molecule has 0 spiro atoms. The second-order valence-electron chi connectivity index (χ2n) is 5.47. The molecule has 26 heavy (non-hydrogen) atoms. The van der Waals surface area contributed by atoms with Crippen LogP contribution in [-0.2, 0) is 26.2 Å². The summed E-state index contributed by atoms with van der Waals surface area (Å²) in [5.74, 6) is 0. The van der Waals surface area contributed by atoms with Crippen molar-refractivity contribution in [1.82, 2.24) is 9.55 Å². The number of hydrogen-bond donors (Lipinski definition) is 0. The van der Waals surface area contributed by atoms with Crippen molar-refractivity contribution in [2.24, 2.45) is 0 Å². The number of rotatable bonds is 1. The van der Waals surface area contributed by atoms with Crippen molar-refractivity contribution < 1.29 is 51.0 Å². The van der Waals surface area contributed by atoms with E-state index in [9.17, 15) is 0 Å². The van der Waals surface area contributed by atoms with Gasteiger partial charge in [-0.1, -0.05) is 12.1 Å². The zero-order valence-corrected chi connectivity index (χ0v) is 17.9. The first-order valence-electron chi connectivity index (χ1n) is 7.64. The molecule has 0 aliphatic rings. The SMILES string of the molecule is [Cl-].[Cl-].[Zr+4].c1ccc2[cH-]c(-n3ccnc3)cc2c1.c1ccc2[cH-]ccc2c1. The Morgan fingerprint density at radius 1 is 0.808 bits per heavy atom. The molecule has 0 fully saturated rings. The largest absolute Gasteiger partial charge is 4.00 e. The Balaban J connectivity index is 0.000000250. The molecule has 0 saturated heterocycles. The van der Waals surface area contributed by atoms with E-state index >= 15 is 0 Å². The van der Waals surface area contributed by atoms with E-state index in [4.69, 9.17) is 0 Å². The van der Waals surface area contributed by atoms with Crippen LogP contribution in [0.5, 0.6) is 0 Å². The van der Waals surface area contributed by atoms with Gasteiger partial charge in [-0.3, -0.25) is 0 Å². The average Bonchev–Trinajstić information content (AvgIpc) is 3.33. The summed E-state index contributed by atoms with van der Waals surface area (Å²) in [5.41, 5.74) is 1.17. The molecule has 0 aliphatic heterocycles. The number of aromatic nitrogens is 2. The van der Waals surface area contributed by atoms with Gasteiger partial charge in [0.15, 0.2) is 0 Å². The summed E-state index contributed by atoms with van der Waals surface area (Å²) in [6.45, 7) is 0. The van der Waals surface area contributed by atoms with Gasteiger partial charge in [0.05, 0.1) is 6.33 Å². The Labute approximate surface area is 184 Å². The molecular formula is C21H16Cl2N2Zr. The van der Waals surface area contributed by atoms with Crippen LogP contribution in [0.4, 0.5) is 0 Å². The summed E-state index contributed by atoms with van der Waals surface area (Å²) in [4.78, 5) is 4.03. The van der Waals surface area contributed by atoms with Crippen LogP contribution < -0.4 is 24.8 Å². The molecule has 4 aromatic carbocycles. The Morgan fingerprint density at radius 2 is 1.50 bits per heavy atom. The molecule has 0 bridgehead atoms. The maximum atomic E-state index is 4.03. The van der Waals surface area contributed by atoms with Gasteiger partial charge in [0, 0.05) is 12.4 Å². The van der Waals surface area contributed by atoms with Crippen molar-refractivity contribution >= 4 is 21.5 Å². The predicted molar refractivity (Wildman–Crippen MR) is 96.2 cm³/mol. The minimum atomic E-state index is 0. The first kappa shape index (κ1) is 22.4. The number of halogens is 2. The van der Waals surface area contributed by atoms with Crippen molar-refractivity contribution in [3.05, 3.63) is 97.6 Å². The second-order valence-corrected chi connectivity index (χ2v) is 5.47. The van der Waals surface area contributed by atoms with Crippen LogP contribution in [0, 0.1) is 0 Å². The number of fused-ring (bicyclic) bond motifs is 2. The van der Waals surface area contributed by atoms with E-state index in [0.717, 1.165) is 0 Å². The molecule has 5 aromatic rings. The first-order valence-corrected chi connectivity index (χ1v) is 7.64. The average molecular weight is 459 g/mol. The van der Waals surface area contributed by atoms with Gasteiger partial charge in [-0.25, -0.2) is 4.98 Å². The van der Waals surface area contributed by atoms with Crippen LogP contribution in [0.3, 0.4) is 0 Å². The molecule has 0 saturated carbocycles. The van der Waals surface area contributed by atoms with Crippen molar-refractivity contribution in [3.8, 4) is 5.69 Å². The molecular weight excluding hydrogens is 442 g/mol. The Morgan fingerprint density at radius 3 is 2.15 bits per heavy atom. The third kappa shape index (κ3) is 4.95. The first-order chi connectivity index (χ1) is 11.4. The maximum absolute atomic E-state index is 4.03. The molecule has 0 aliphatic carbocycles. The summed E-state index contributed by atoms with van der Waals surface area (Å²) in [5, 5.41) is 5.21. The third-order valence-corrected chi connectivity index (χ3v) is 3.95. The molecule has 1 heterocycles. The van der Waals surface area contributed by atoms with Gasteiger partial charge in [0.2, 0.25) is 0 Å². The van der Waals surface area contributed by atoms with Gasteiger partial charge in [0.1, 0.15) is 0 Å². The number of imidazole rings is 1. The second kappa shape index (κ2) is 10.5. The van der Waals surface area contributed by atoms with Gasteiger partial charge in [-0.2, -0.15) is 17.5 Å². The van der Waals surface area contributed by atoms with Crippen molar-refractivity contribution in [2.45, 2.75) is 0 Å². The molecule has 1 aromatic heterocycles. The number of nitrogens with zero attached hydrogens (tertiary/aromatic N) is 2. The monoisotopic (exact) mass is 456 g/mol. The zero-order valence-electron chi connectivity index (χ0n) is 13.9. The summed E-state index contributed by atoms with van der Waals surface area (Å²) >= 11 is 0. The Hall–Kier alpha value is -1.67. The van der Waals surface area contributed by atoms with E-state index in [-0.39, 0.29) is 51.0 Å². The molecule has 0 radical (unpaired) electrons. The Kier molecular flexibility index (Phi) is 9.01. The van der Waals surface area contributed by atoms with Crippen LogP contribution in [0.25, 0.3) is 27.2 Å². The smallest absolute Gasteiger partial charge is 1.00 e. The van der Waals surface area contributed by atoms with Crippen LogP contribution in [0.1, 0.15) is 0 Å². The molecule has 0 atom stereocenters. The predicted octanol–water partition coefficient (Wildman–Crippen LogP) is -0.691. The summed E-state index contributed by atoms with van der Waals surface area (Å²) < 4.78 is 2.01. The molecule has 128 valence electrons. The molecule has 2 nitrogen and oxygen atoms in total. The quantitative estimate of drug-likeness (QED) is 0.304.